The summed E-state index contributed by atoms with van der Waals surface area (Å²) >= 11 is 0. The van der Waals surface area contributed by atoms with Gasteiger partial charge in [-0.2, -0.15) is 5.10 Å². The third-order valence-corrected chi connectivity index (χ3v) is 4.77. The van der Waals surface area contributed by atoms with Crippen LogP contribution in [0.3, 0.4) is 0 Å². The number of nitrogens with zero attached hydrogens (tertiary/aromatic N) is 5. The van der Waals surface area contributed by atoms with Crippen molar-refractivity contribution in [1.29, 1.82) is 0 Å². The minimum atomic E-state index is 0.142. The number of hydrogen-bond donors (Lipinski definition) is 1. The van der Waals surface area contributed by atoms with Gasteiger partial charge in [0.1, 0.15) is 5.82 Å². The van der Waals surface area contributed by atoms with Gasteiger partial charge in [-0.3, -0.25) is 9.97 Å². The smallest absolute Gasteiger partial charge is 0.182 e. The van der Waals surface area contributed by atoms with Crippen molar-refractivity contribution in [2.45, 2.75) is 31.2 Å². The second-order valence-corrected chi connectivity index (χ2v) is 6.30. The van der Waals surface area contributed by atoms with Crippen LogP contribution in [0, 0.1) is 0 Å². The molecule has 0 aromatic carbocycles. The van der Waals surface area contributed by atoms with E-state index in [1.807, 2.05) is 29.1 Å². The van der Waals surface area contributed by atoms with Gasteiger partial charge in [0.25, 0.3) is 0 Å². The summed E-state index contributed by atoms with van der Waals surface area (Å²) in [4.78, 5) is 13.2. The Labute approximate surface area is 140 Å². The molecular weight excluding hydrogens is 300 g/mol. The first-order valence-electron chi connectivity index (χ1n) is 8.24. The molecule has 0 fully saturated rings. The average molecular weight is 320 g/mol. The van der Waals surface area contributed by atoms with Crippen LogP contribution >= 0.6 is 0 Å². The van der Waals surface area contributed by atoms with Crippen molar-refractivity contribution in [3.63, 3.8) is 0 Å². The quantitative estimate of drug-likeness (QED) is 0.802. The van der Waals surface area contributed by atoms with Crippen LogP contribution in [0.5, 0.6) is 0 Å². The minimum Gasteiger partial charge on any atom is -0.330 e. The van der Waals surface area contributed by atoms with Crippen molar-refractivity contribution < 1.29 is 0 Å². The van der Waals surface area contributed by atoms with Gasteiger partial charge in [-0.1, -0.05) is 6.07 Å². The van der Waals surface area contributed by atoms with Gasteiger partial charge in [-0.15, -0.1) is 0 Å². The molecule has 6 heteroatoms. The summed E-state index contributed by atoms with van der Waals surface area (Å²) in [5.41, 5.74) is 8.28. The molecule has 4 heterocycles. The summed E-state index contributed by atoms with van der Waals surface area (Å²) in [6.07, 6.45) is 8.27. The van der Waals surface area contributed by atoms with Gasteiger partial charge in [0.2, 0.25) is 0 Å². The zero-order valence-electron chi connectivity index (χ0n) is 13.6. The van der Waals surface area contributed by atoms with E-state index in [1.54, 1.807) is 18.6 Å². The lowest BCUT2D eigenvalue weighted by Crippen LogP contribution is -2.31. The molecule has 0 spiro atoms. The van der Waals surface area contributed by atoms with Gasteiger partial charge < -0.3 is 5.73 Å². The lowest BCUT2D eigenvalue weighted by molar-refractivity contribution is 0.312. The van der Waals surface area contributed by atoms with Crippen LogP contribution in [0.4, 0.5) is 0 Å². The van der Waals surface area contributed by atoms with E-state index in [4.69, 9.17) is 15.8 Å². The maximum absolute atomic E-state index is 6.13. The van der Waals surface area contributed by atoms with Crippen LogP contribution in [0.1, 0.15) is 42.6 Å². The fraction of sp³-hybridized carbons (Fsp3) is 0.333. The van der Waals surface area contributed by atoms with E-state index in [0.717, 1.165) is 23.6 Å². The lowest BCUT2D eigenvalue weighted by Gasteiger charge is -2.34. The molecule has 24 heavy (non-hydrogen) atoms. The Morgan fingerprint density at radius 2 is 1.96 bits per heavy atom. The molecule has 2 N–H and O–H groups in total. The molecule has 3 aromatic heterocycles. The van der Waals surface area contributed by atoms with Gasteiger partial charge in [-0.25, -0.2) is 9.67 Å². The molecule has 4 rings (SSSR count). The molecule has 0 saturated carbocycles. The monoisotopic (exact) mass is 320 g/mol. The summed E-state index contributed by atoms with van der Waals surface area (Å²) in [7, 11) is 0. The zero-order valence-corrected chi connectivity index (χ0v) is 13.6. The molecular formula is C18H20N6. The van der Waals surface area contributed by atoms with Crippen molar-refractivity contribution >= 4 is 0 Å². The highest BCUT2D eigenvalue weighted by atomic mass is 15.4. The van der Waals surface area contributed by atoms with Gasteiger partial charge >= 0.3 is 0 Å². The number of rotatable bonds is 3. The highest BCUT2D eigenvalue weighted by Gasteiger charge is 2.36. The standard InChI is InChI=1S/C18H20N6/c1-12-8-15(13-4-2-6-20-10-13)16(9-19)18-22-17(23-24(12)18)14-5-3-7-21-11-14/h2-7,10-12,15-16H,8-9,19H2,1H3. The summed E-state index contributed by atoms with van der Waals surface area (Å²) in [5, 5.41) is 4.72. The Balaban J connectivity index is 1.77. The average Bonchev–Trinajstić information content (AvgIpc) is 3.09. The first-order valence-corrected chi connectivity index (χ1v) is 8.24. The summed E-state index contributed by atoms with van der Waals surface area (Å²) in [5.74, 6) is 2.14. The SMILES string of the molecule is CC1CC(c2cccnc2)C(CN)c2nc(-c3cccnc3)nn21. The van der Waals surface area contributed by atoms with E-state index < -0.39 is 0 Å². The van der Waals surface area contributed by atoms with Crippen LogP contribution in [0.15, 0.2) is 49.1 Å². The van der Waals surface area contributed by atoms with E-state index in [2.05, 4.69) is 23.0 Å². The second kappa shape index (κ2) is 6.13. The number of aromatic nitrogens is 5. The van der Waals surface area contributed by atoms with Gasteiger partial charge in [-0.05, 0) is 43.0 Å². The fourth-order valence-corrected chi connectivity index (χ4v) is 3.57. The van der Waals surface area contributed by atoms with Crippen molar-refractivity contribution in [3.8, 4) is 11.4 Å². The van der Waals surface area contributed by atoms with Crippen molar-refractivity contribution in [2.24, 2.45) is 5.73 Å². The Kier molecular flexibility index (Phi) is 3.82. The van der Waals surface area contributed by atoms with Gasteiger partial charge in [0, 0.05) is 42.8 Å². The topological polar surface area (TPSA) is 82.5 Å². The number of nitrogens with two attached hydrogens (primary N) is 1. The molecule has 122 valence electrons. The molecule has 3 aromatic rings. The highest BCUT2D eigenvalue weighted by Crippen LogP contribution is 2.42. The summed E-state index contributed by atoms with van der Waals surface area (Å²) in [6, 6.07) is 8.26. The van der Waals surface area contributed by atoms with Crippen molar-refractivity contribution in [2.75, 3.05) is 6.54 Å². The molecule has 3 atom stereocenters. The van der Waals surface area contributed by atoms with E-state index >= 15 is 0 Å². The molecule has 6 nitrogen and oxygen atoms in total. The molecule has 1 aliphatic heterocycles. The van der Waals surface area contributed by atoms with Crippen LogP contribution in [0.25, 0.3) is 11.4 Å². The summed E-state index contributed by atoms with van der Waals surface area (Å²) in [6.45, 7) is 2.72. The number of pyridine rings is 2. The van der Waals surface area contributed by atoms with Crippen LogP contribution < -0.4 is 5.73 Å². The molecule has 0 bridgehead atoms. The minimum absolute atomic E-state index is 0.142. The molecule has 0 radical (unpaired) electrons. The molecule has 3 unspecified atom stereocenters. The van der Waals surface area contributed by atoms with E-state index in [9.17, 15) is 0 Å². The Bertz CT molecular complexity index is 814. The van der Waals surface area contributed by atoms with Crippen molar-refractivity contribution in [3.05, 3.63) is 60.4 Å². The molecule has 1 aliphatic rings. The van der Waals surface area contributed by atoms with Crippen LogP contribution in [0.2, 0.25) is 0 Å². The Morgan fingerprint density at radius 3 is 2.62 bits per heavy atom. The van der Waals surface area contributed by atoms with Crippen LogP contribution in [-0.4, -0.2) is 31.3 Å². The molecule has 0 aliphatic carbocycles. The summed E-state index contributed by atoms with van der Waals surface area (Å²) < 4.78 is 2.03. The Hall–Kier alpha value is -2.60. The first kappa shape index (κ1) is 15.0. The van der Waals surface area contributed by atoms with Crippen molar-refractivity contribution in [1.82, 2.24) is 24.7 Å². The predicted octanol–water partition coefficient (Wildman–Crippen LogP) is 2.53. The normalized spacial score (nSPS) is 23.0. The number of fused-ring (bicyclic) bond motifs is 1. The largest absolute Gasteiger partial charge is 0.330 e. The maximum atomic E-state index is 6.13. The third kappa shape index (κ3) is 2.49. The first-order chi connectivity index (χ1) is 11.8. The molecule has 0 amide bonds. The van der Waals surface area contributed by atoms with Gasteiger partial charge in [0.15, 0.2) is 5.82 Å². The maximum Gasteiger partial charge on any atom is 0.182 e. The lowest BCUT2D eigenvalue weighted by atomic mass is 9.79. The molecule has 0 saturated heterocycles. The van der Waals surface area contributed by atoms with Gasteiger partial charge in [0.05, 0.1) is 6.04 Å². The second-order valence-electron chi connectivity index (χ2n) is 6.30. The van der Waals surface area contributed by atoms with E-state index in [0.29, 0.717) is 12.5 Å². The third-order valence-electron chi connectivity index (χ3n) is 4.77. The van der Waals surface area contributed by atoms with Crippen LogP contribution in [-0.2, 0) is 0 Å². The Morgan fingerprint density at radius 1 is 1.17 bits per heavy atom. The highest BCUT2D eigenvalue weighted by molar-refractivity contribution is 5.52. The fourth-order valence-electron chi connectivity index (χ4n) is 3.57. The van der Waals surface area contributed by atoms with E-state index in [-0.39, 0.29) is 12.0 Å². The number of hydrogen-bond acceptors (Lipinski definition) is 5. The predicted molar refractivity (Wildman–Crippen MR) is 91.4 cm³/mol. The zero-order chi connectivity index (χ0) is 16.5. The van der Waals surface area contributed by atoms with E-state index in [1.165, 1.54) is 5.56 Å².